The summed E-state index contributed by atoms with van der Waals surface area (Å²) in [5.41, 5.74) is 2.53. The molecule has 0 radical (unpaired) electrons. The molecule has 0 heterocycles. The maximum atomic E-state index is 13.7. The quantitative estimate of drug-likeness (QED) is 0.0409. The highest BCUT2D eigenvalue weighted by Gasteiger charge is 2.28. The Morgan fingerprint density at radius 3 is 1.95 bits per heavy atom. The average molecular weight is 762 g/mol. The van der Waals surface area contributed by atoms with Crippen LogP contribution in [0.3, 0.4) is 0 Å². The van der Waals surface area contributed by atoms with Crippen molar-refractivity contribution < 1.29 is 38.6 Å². The average Bonchev–Trinajstić information content (AvgIpc) is 3.76. The van der Waals surface area contributed by atoms with E-state index in [1.165, 1.54) is 19.3 Å². The van der Waals surface area contributed by atoms with Crippen LogP contribution in [0.1, 0.15) is 96.6 Å². The molecule has 1 aliphatic rings. The van der Waals surface area contributed by atoms with E-state index in [4.69, 9.17) is 9.47 Å². The minimum absolute atomic E-state index is 0.0119. The Morgan fingerprint density at radius 1 is 0.679 bits per heavy atom. The Kier molecular flexibility index (Phi) is 15.6. The third-order valence-electron chi connectivity index (χ3n) is 9.84. The molecule has 3 amide bonds. The molecule has 2 atom stereocenters. The number of amides is 3. The first kappa shape index (κ1) is 41.2. The van der Waals surface area contributed by atoms with Gasteiger partial charge in [-0.3, -0.25) is 14.4 Å². The van der Waals surface area contributed by atoms with Gasteiger partial charge in [0, 0.05) is 30.0 Å². The van der Waals surface area contributed by atoms with Crippen LogP contribution in [0.4, 0.5) is 5.69 Å². The zero-order chi connectivity index (χ0) is 39.7. The van der Waals surface area contributed by atoms with Crippen molar-refractivity contribution in [2.75, 3.05) is 11.9 Å². The molecule has 0 spiro atoms. The fourth-order valence-electron chi connectivity index (χ4n) is 6.59. The van der Waals surface area contributed by atoms with E-state index in [-0.39, 0.29) is 36.0 Å². The number of nitrogens with one attached hydrogen (secondary N) is 3. The summed E-state index contributed by atoms with van der Waals surface area (Å²) in [6, 6.07) is 26.2. The summed E-state index contributed by atoms with van der Waals surface area (Å²) < 4.78 is 11.4. The van der Waals surface area contributed by atoms with Gasteiger partial charge in [-0.2, -0.15) is 0 Å². The Hall–Kier alpha value is -5.97. The number of carboxylic acid groups (broad SMARTS) is 1. The van der Waals surface area contributed by atoms with E-state index in [9.17, 15) is 29.1 Å². The predicted octanol–water partition coefficient (Wildman–Crippen LogP) is 7.54. The number of ether oxygens (including phenoxy) is 2. The molecule has 294 valence electrons. The molecule has 1 unspecified atom stereocenters. The van der Waals surface area contributed by atoms with Crippen LogP contribution in [-0.4, -0.2) is 53.5 Å². The summed E-state index contributed by atoms with van der Waals surface area (Å²) in [5.74, 6) is -2.08. The second kappa shape index (κ2) is 21.2. The highest BCUT2D eigenvalue weighted by atomic mass is 16.5. The van der Waals surface area contributed by atoms with E-state index < -0.39 is 35.8 Å². The van der Waals surface area contributed by atoms with E-state index in [1.807, 2.05) is 6.07 Å². The van der Waals surface area contributed by atoms with Crippen molar-refractivity contribution >= 4 is 35.3 Å². The van der Waals surface area contributed by atoms with Crippen LogP contribution in [-0.2, 0) is 27.2 Å². The third kappa shape index (κ3) is 12.8. The van der Waals surface area contributed by atoms with E-state index in [1.54, 1.807) is 97.1 Å². The van der Waals surface area contributed by atoms with Gasteiger partial charge in [0.15, 0.2) is 0 Å². The number of unbranched alkanes of at least 4 members (excludes halogenated alkanes) is 4. The van der Waals surface area contributed by atoms with Crippen molar-refractivity contribution in [2.45, 2.75) is 89.6 Å². The van der Waals surface area contributed by atoms with Crippen molar-refractivity contribution in [3.05, 3.63) is 125 Å². The zero-order valence-corrected chi connectivity index (χ0v) is 31.8. The number of hydrogen-bond acceptors (Lipinski definition) is 7. The fourth-order valence-corrected chi connectivity index (χ4v) is 6.59. The van der Waals surface area contributed by atoms with Gasteiger partial charge in [0.1, 0.15) is 23.6 Å². The molecule has 4 aromatic rings. The number of carbonyl (C=O) groups is 5. The highest BCUT2D eigenvalue weighted by molar-refractivity contribution is 5.99. The third-order valence-corrected chi connectivity index (χ3v) is 9.84. The molecule has 4 N–H and O–H groups in total. The van der Waals surface area contributed by atoms with Crippen molar-refractivity contribution in [3.8, 4) is 11.5 Å². The van der Waals surface area contributed by atoms with Gasteiger partial charge in [0.2, 0.25) is 11.8 Å². The van der Waals surface area contributed by atoms with Crippen LogP contribution in [0.15, 0.2) is 103 Å². The monoisotopic (exact) mass is 761 g/mol. The summed E-state index contributed by atoms with van der Waals surface area (Å²) in [5, 5.41) is 18.2. The first-order valence-corrected chi connectivity index (χ1v) is 19.5. The van der Waals surface area contributed by atoms with Gasteiger partial charge >= 0.3 is 11.9 Å². The smallest absolute Gasteiger partial charge is 0.343 e. The highest BCUT2D eigenvalue weighted by Crippen LogP contribution is 2.26. The second-order valence-corrected chi connectivity index (χ2v) is 14.2. The van der Waals surface area contributed by atoms with Gasteiger partial charge in [-0.1, -0.05) is 87.9 Å². The molecule has 0 bridgehead atoms. The lowest BCUT2D eigenvalue weighted by Gasteiger charge is -2.22. The molecule has 0 saturated heterocycles. The summed E-state index contributed by atoms with van der Waals surface area (Å²) in [4.78, 5) is 64.9. The van der Waals surface area contributed by atoms with Crippen LogP contribution in [0, 0.1) is 5.92 Å². The number of aliphatic carboxylic acids is 1. The first-order valence-electron chi connectivity index (χ1n) is 19.5. The van der Waals surface area contributed by atoms with Crippen molar-refractivity contribution in [1.82, 2.24) is 10.6 Å². The normalized spacial score (nSPS) is 13.6. The van der Waals surface area contributed by atoms with Gasteiger partial charge < -0.3 is 30.5 Å². The molecule has 11 nitrogen and oxygen atoms in total. The summed E-state index contributed by atoms with van der Waals surface area (Å²) in [6.07, 6.45) is 9.56. The van der Waals surface area contributed by atoms with E-state index in [0.717, 1.165) is 44.1 Å². The predicted molar refractivity (Wildman–Crippen MR) is 214 cm³/mol. The number of anilines is 1. The number of rotatable bonds is 20. The van der Waals surface area contributed by atoms with Gasteiger partial charge in [-0.25, -0.2) is 9.59 Å². The van der Waals surface area contributed by atoms with Crippen LogP contribution >= 0.6 is 0 Å². The molecule has 1 aliphatic carbocycles. The minimum Gasteiger partial charge on any atom is -0.494 e. The van der Waals surface area contributed by atoms with Gasteiger partial charge in [-0.15, -0.1) is 0 Å². The summed E-state index contributed by atoms with van der Waals surface area (Å²) in [7, 11) is 0. The summed E-state index contributed by atoms with van der Waals surface area (Å²) in [6.45, 7) is 2.80. The molecule has 11 heteroatoms. The molecule has 1 fully saturated rings. The van der Waals surface area contributed by atoms with Crippen LogP contribution < -0.4 is 25.4 Å². The van der Waals surface area contributed by atoms with Crippen LogP contribution in [0.25, 0.3) is 0 Å². The molecule has 5 rings (SSSR count). The Morgan fingerprint density at radius 2 is 1.29 bits per heavy atom. The second-order valence-electron chi connectivity index (χ2n) is 14.2. The van der Waals surface area contributed by atoms with E-state index in [0.29, 0.717) is 29.2 Å². The summed E-state index contributed by atoms with van der Waals surface area (Å²) >= 11 is 0. The molecule has 4 aromatic carbocycles. The maximum Gasteiger partial charge on any atom is 0.343 e. The standard InChI is InChI=1S/C45H51N3O8/c1-2-3-4-5-11-28-55-37-26-20-35(21-27-37)45(54)56-38-24-16-32(17-25-38)29-39(43(51)48-40(44(52)53)30-31-12-7-6-8-13-31)47-42(50)34-18-22-36(23-19-34)46-41(49)33-14-9-10-15-33/h6-8,12-13,16-27,33,39-40H,2-5,9-11,14-15,28-30H2,1H3,(H,46,49)(H,47,50)(H,48,51)(H,52,53)/t39-,40?/m0/s1. The van der Waals surface area contributed by atoms with Gasteiger partial charge in [0.05, 0.1) is 12.2 Å². The van der Waals surface area contributed by atoms with Gasteiger partial charge in [0.25, 0.3) is 5.91 Å². The first-order chi connectivity index (χ1) is 27.2. The number of benzene rings is 4. The van der Waals surface area contributed by atoms with Crippen LogP contribution in [0.5, 0.6) is 11.5 Å². The fraction of sp³-hybridized carbons (Fsp3) is 0.356. The lowest BCUT2D eigenvalue weighted by molar-refractivity contribution is -0.142. The lowest BCUT2D eigenvalue weighted by atomic mass is 10.0. The maximum absolute atomic E-state index is 13.7. The molecular weight excluding hydrogens is 711 g/mol. The molecule has 0 aromatic heterocycles. The zero-order valence-electron chi connectivity index (χ0n) is 31.8. The Balaban J connectivity index is 1.22. The Labute approximate surface area is 328 Å². The van der Waals surface area contributed by atoms with E-state index in [2.05, 4.69) is 22.9 Å². The topological polar surface area (TPSA) is 160 Å². The minimum atomic E-state index is -1.25. The number of esters is 1. The molecule has 1 saturated carbocycles. The van der Waals surface area contributed by atoms with Crippen molar-refractivity contribution in [3.63, 3.8) is 0 Å². The van der Waals surface area contributed by atoms with Crippen molar-refractivity contribution in [1.29, 1.82) is 0 Å². The van der Waals surface area contributed by atoms with E-state index >= 15 is 0 Å². The van der Waals surface area contributed by atoms with Gasteiger partial charge in [-0.05, 0) is 91.1 Å². The van der Waals surface area contributed by atoms with Crippen molar-refractivity contribution in [2.24, 2.45) is 5.92 Å². The largest absolute Gasteiger partial charge is 0.494 e. The SMILES string of the molecule is CCCCCCCOc1ccc(C(=O)Oc2ccc(C[C@H](NC(=O)c3ccc(NC(=O)C4CCCC4)cc3)C(=O)NC(Cc3ccccc3)C(=O)O)cc2)cc1. The molecule has 56 heavy (non-hydrogen) atoms. The number of carboxylic acids is 1. The lowest BCUT2D eigenvalue weighted by Crippen LogP contribution is -2.53. The Bertz CT molecular complexity index is 1890. The molecular formula is C45H51N3O8. The number of carbonyl (C=O) groups excluding carboxylic acids is 4. The van der Waals surface area contributed by atoms with Crippen LogP contribution in [0.2, 0.25) is 0 Å². The number of hydrogen-bond donors (Lipinski definition) is 4. The molecule has 0 aliphatic heterocycles.